The molecular formula is C14H12ClN3O. The number of halogens is 1. The minimum Gasteiger partial charge on any atom is -0.397 e. The normalized spacial score (nSPS) is 10.2. The fourth-order valence-corrected chi connectivity index (χ4v) is 1.98. The van der Waals surface area contributed by atoms with Crippen LogP contribution in [0, 0.1) is 18.3 Å². The number of anilines is 1. The molecule has 0 spiro atoms. The Morgan fingerprint density at radius 3 is 2.79 bits per heavy atom. The number of hydrogen-bond donors (Lipinski definition) is 1. The number of aryl methyl sites for hydroxylation is 1. The van der Waals surface area contributed by atoms with Gasteiger partial charge >= 0.3 is 0 Å². The third kappa shape index (κ3) is 2.78. The zero-order chi connectivity index (χ0) is 14.0. The summed E-state index contributed by atoms with van der Waals surface area (Å²) in [5.41, 5.74) is 8.23. The number of nitrogen functional groups attached to an aromatic ring is 1. The van der Waals surface area contributed by atoms with Gasteiger partial charge in [0, 0.05) is 17.3 Å². The molecule has 1 heterocycles. The lowest BCUT2D eigenvalue weighted by molar-refractivity contribution is 0.759. The molecule has 2 aromatic rings. The first kappa shape index (κ1) is 13.2. The van der Waals surface area contributed by atoms with Gasteiger partial charge in [0.2, 0.25) is 0 Å². The van der Waals surface area contributed by atoms with Gasteiger partial charge in [0.1, 0.15) is 0 Å². The number of benzene rings is 1. The lowest BCUT2D eigenvalue weighted by Gasteiger charge is -2.10. The van der Waals surface area contributed by atoms with Gasteiger partial charge in [-0.2, -0.15) is 5.26 Å². The molecule has 2 N–H and O–H groups in total. The number of nitriles is 1. The summed E-state index contributed by atoms with van der Waals surface area (Å²) in [6, 6.07) is 8.50. The summed E-state index contributed by atoms with van der Waals surface area (Å²) in [6.07, 6.45) is 1.60. The number of hydrogen-bond acceptors (Lipinski definition) is 3. The van der Waals surface area contributed by atoms with Gasteiger partial charge in [0.15, 0.2) is 0 Å². The van der Waals surface area contributed by atoms with Crippen molar-refractivity contribution in [3.63, 3.8) is 0 Å². The monoisotopic (exact) mass is 273 g/mol. The van der Waals surface area contributed by atoms with E-state index in [0.717, 1.165) is 11.1 Å². The van der Waals surface area contributed by atoms with E-state index in [1.165, 1.54) is 10.6 Å². The van der Waals surface area contributed by atoms with E-state index in [9.17, 15) is 4.79 Å². The van der Waals surface area contributed by atoms with E-state index in [1.54, 1.807) is 31.3 Å². The third-order valence-corrected chi connectivity index (χ3v) is 3.25. The Hall–Kier alpha value is -2.25. The smallest absolute Gasteiger partial charge is 0.251 e. The number of rotatable bonds is 2. The van der Waals surface area contributed by atoms with E-state index in [0.29, 0.717) is 22.8 Å². The summed E-state index contributed by atoms with van der Waals surface area (Å²) >= 11 is 6.08. The van der Waals surface area contributed by atoms with Crippen molar-refractivity contribution >= 4 is 17.3 Å². The zero-order valence-electron chi connectivity index (χ0n) is 10.4. The van der Waals surface area contributed by atoms with Crippen LogP contribution in [0.2, 0.25) is 5.02 Å². The van der Waals surface area contributed by atoms with Crippen molar-refractivity contribution in [2.45, 2.75) is 13.5 Å². The average molecular weight is 274 g/mol. The van der Waals surface area contributed by atoms with Crippen molar-refractivity contribution in [3.05, 3.63) is 62.5 Å². The van der Waals surface area contributed by atoms with E-state index < -0.39 is 0 Å². The zero-order valence-corrected chi connectivity index (χ0v) is 11.1. The van der Waals surface area contributed by atoms with Crippen molar-refractivity contribution in [1.29, 1.82) is 5.26 Å². The summed E-state index contributed by atoms with van der Waals surface area (Å²) in [4.78, 5) is 11.8. The molecule has 0 amide bonds. The minimum absolute atomic E-state index is 0.132. The van der Waals surface area contributed by atoms with E-state index in [-0.39, 0.29) is 5.56 Å². The van der Waals surface area contributed by atoms with Crippen LogP contribution in [0.15, 0.2) is 35.3 Å². The van der Waals surface area contributed by atoms with Crippen LogP contribution in [0.25, 0.3) is 0 Å². The molecule has 19 heavy (non-hydrogen) atoms. The highest BCUT2D eigenvalue weighted by Gasteiger charge is 2.06. The quantitative estimate of drug-likeness (QED) is 0.913. The van der Waals surface area contributed by atoms with Crippen molar-refractivity contribution in [2.75, 3.05) is 5.73 Å². The second-order valence-corrected chi connectivity index (χ2v) is 4.70. The van der Waals surface area contributed by atoms with Gasteiger partial charge < -0.3 is 10.3 Å². The SMILES string of the molecule is Cc1cc(=O)n(Cc2ccc(C#N)cc2Cl)cc1N. The molecule has 0 aliphatic rings. The molecule has 0 saturated carbocycles. The van der Waals surface area contributed by atoms with Gasteiger partial charge in [0.25, 0.3) is 5.56 Å². The fourth-order valence-electron chi connectivity index (χ4n) is 1.74. The molecule has 96 valence electrons. The average Bonchev–Trinajstić information content (AvgIpc) is 2.38. The first-order chi connectivity index (χ1) is 9.01. The van der Waals surface area contributed by atoms with Gasteiger partial charge in [-0.3, -0.25) is 4.79 Å². The maximum atomic E-state index is 11.8. The Morgan fingerprint density at radius 1 is 1.42 bits per heavy atom. The highest BCUT2D eigenvalue weighted by atomic mass is 35.5. The van der Waals surface area contributed by atoms with Crippen molar-refractivity contribution in [2.24, 2.45) is 0 Å². The topological polar surface area (TPSA) is 71.8 Å². The number of nitrogens with two attached hydrogens (primary N) is 1. The van der Waals surface area contributed by atoms with Crippen molar-refractivity contribution in [1.82, 2.24) is 4.57 Å². The van der Waals surface area contributed by atoms with Crippen LogP contribution in [-0.2, 0) is 6.54 Å². The molecule has 0 unspecified atom stereocenters. The van der Waals surface area contributed by atoms with Crippen LogP contribution in [0.1, 0.15) is 16.7 Å². The van der Waals surface area contributed by atoms with Crippen molar-refractivity contribution in [3.8, 4) is 6.07 Å². The largest absolute Gasteiger partial charge is 0.397 e. The molecule has 0 atom stereocenters. The van der Waals surface area contributed by atoms with E-state index in [1.807, 2.05) is 6.07 Å². The van der Waals surface area contributed by atoms with Crippen LogP contribution < -0.4 is 11.3 Å². The Kier molecular flexibility index (Phi) is 3.59. The van der Waals surface area contributed by atoms with Crippen LogP contribution in [-0.4, -0.2) is 4.57 Å². The predicted molar refractivity (Wildman–Crippen MR) is 75.1 cm³/mol. The fraction of sp³-hybridized carbons (Fsp3) is 0.143. The van der Waals surface area contributed by atoms with Crippen LogP contribution in [0.4, 0.5) is 5.69 Å². The molecule has 0 saturated heterocycles. The lowest BCUT2D eigenvalue weighted by Crippen LogP contribution is -2.20. The molecule has 0 radical (unpaired) electrons. The Balaban J connectivity index is 2.40. The number of pyridine rings is 1. The standard InChI is InChI=1S/C14H12ClN3O/c1-9-4-14(19)18(8-13(9)17)7-11-3-2-10(6-16)5-12(11)15/h2-5,8H,7,17H2,1H3. The molecule has 5 heteroatoms. The van der Waals surface area contributed by atoms with E-state index in [2.05, 4.69) is 0 Å². The molecular weight excluding hydrogens is 262 g/mol. The number of aromatic nitrogens is 1. The molecule has 1 aromatic carbocycles. The molecule has 1 aromatic heterocycles. The first-order valence-corrected chi connectivity index (χ1v) is 6.04. The molecule has 2 rings (SSSR count). The molecule has 0 aliphatic carbocycles. The summed E-state index contributed by atoms with van der Waals surface area (Å²) in [5, 5.41) is 9.24. The Labute approximate surface area is 115 Å². The van der Waals surface area contributed by atoms with E-state index >= 15 is 0 Å². The summed E-state index contributed by atoms with van der Waals surface area (Å²) in [6.45, 7) is 2.11. The van der Waals surface area contributed by atoms with Gasteiger partial charge in [-0.25, -0.2) is 0 Å². The second-order valence-electron chi connectivity index (χ2n) is 4.30. The first-order valence-electron chi connectivity index (χ1n) is 5.66. The van der Waals surface area contributed by atoms with Gasteiger partial charge in [-0.1, -0.05) is 17.7 Å². The minimum atomic E-state index is -0.132. The Bertz CT molecular complexity index is 728. The second kappa shape index (κ2) is 5.17. The van der Waals surface area contributed by atoms with Crippen molar-refractivity contribution < 1.29 is 0 Å². The molecule has 0 aliphatic heterocycles. The maximum absolute atomic E-state index is 11.8. The van der Waals surface area contributed by atoms with Crippen LogP contribution in [0.5, 0.6) is 0 Å². The lowest BCUT2D eigenvalue weighted by atomic mass is 10.1. The number of nitrogens with zero attached hydrogens (tertiary/aromatic N) is 2. The molecule has 4 nitrogen and oxygen atoms in total. The summed E-state index contributed by atoms with van der Waals surface area (Å²) in [5.74, 6) is 0. The van der Waals surface area contributed by atoms with Crippen LogP contribution in [0.3, 0.4) is 0 Å². The predicted octanol–water partition coefficient (Wildman–Crippen LogP) is 2.31. The molecule has 0 fully saturated rings. The Morgan fingerprint density at radius 2 is 2.16 bits per heavy atom. The van der Waals surface area contributed by atoms with Crippen LogP contribution >= 0.6 is 11.6 Å². The van der Waals surface area contributed by atoms with Gasteiger partial charge in [-0.15, -0.1) is 0 Å². The summed E-state index contributed by atoms with van der Waals surface area (Å²) in [7, 11) is 0. The highest BCUT2D eigenvalue weighted by Crippen LogP contribution is 2.18. The summed E-state index contributed by atoms with van der Waals surface area (Å²) < 4.78 is 1.50. The maximum Gasteiger partial charge on any atom is 0.251 e. The van der Waals surface area contributed by atoms with Gasteiger partial charge in [0.05, 0.1) is 23.9 Å². The van der Waals surface area contributed by atoms with Gasteiger partial charge in [-0.05, 0) is 30.2 Å². The molecule has 0 bridgehead atoms. The van der Waals surface area contributed by atoms with E-state index in [4.69, 9.17) is 22.6 Å². The third-order valence-electron chi connectivity index (χ3n) is 2.90. The highest BCUT2D eigenvalue weighted by molar-refractivity contribution is 6.31.